The molecule has 0 bridgehead atoms. The lowest BCUT2D eigenvalue weighted by molar-refractivity contribution is -0.134. The average molecular weight is 294 g/mol. The van der Waals surface area contributed by atoms with Crippen LogP contribution in [0.15, 0.2) is 54.3 Å². The second-order valence-corrected chi connectivity index (χ2v) is 4.83. The lowest BCUT2D eigenvalue weighted by Gasteiger charge is -2.03. The van der Waals surface area contributed by atoms with Crippen molar-refractivity contribution in [1.29, 1.82) is 0 Å². The van der Waals surface area contributed by atoms with Crippen molar-refractivity contribution in [3.8, 4) is 11.5 Å². The van der Waals surface area contributed by atoms with Crippen LogP contribution in [0.2, 0.25) is 0 Å². The van der Waals surface area contributed by atoms with Crippen molar-refractivity contribution in [2.45, 2.75) is 13.3 Å². The molecule has 0 saturated heterocycles. The highest BCUT2D eigenvalue weighted by Gasteiger charge is 2.26. The summed E-state index contributed by atoms with van der Waals surface area (Å²) < 4.78 is 10.7. The Balaban J connectivity index is 1.79. The van der Waals surface area contributed by atoms with Crippen LogP contribution in [0.25, 0.3) is 6.08 Å². The summed E-state index contributed by atoms with van der Waals surface area (Å²) in [6.07, 6.45) is 2.00. The smallest absolute Gasteiger partial charge is 0.310 e. The highest BCUT2D eigenvalue weighted by Crippen LogP contribution is 2.31. The number of fused-ring (bicyclic) bond motifs is 1. The van der Waals surface area contributed by atoms with Gasteiger partial charge in [0.05, 0.1) is 5.56 Å². The predicted molar refractivity (Wildman–Crippen MR) is 81.7 cm³/mol. The Labute approximate surface area is 128 Å². The van der Waals surface area contributed by atoms with Crippen LogP contribution in [0.5, 0.6) is 11.5 Å². The minimum Gasteiger partial charge on any atom is -0.452 e. The first kappa shape index (κ1) is 14.1. The lowest BCUT2D eigenvalue weighted by Crippen LogP contribution is -2.05. The molecule has 0 aliphatic carbocycles. The van der Waals surface area contributed by atoms with Crippen LogP contribution in [0, 0.1) is 0 Å². The van der Waals surface area contributed by atoms with E-state index in [0.29, 0.717) is 29.2 Å². The van der Waals surface area contributed by atoms with Crippen LogP contribution in [-0.2, 0) is 4.79 Å². The van der Waals surface area contributed by atoms with Crippen LogP contribution in [0.1, 0.15) is 29.3 Å². The highest BCUT2D eigenvalue weighted by atomic mass is 16.5. The fraction of sp³-hybridized carbons (Fsp3) is 0.111. The van der Waals surface area contributed by atoms with E-state index in [2.05, 4.69) is 0 Å². The van der Waals surface area contributed by atoms with Gasteiger partial charge in [-0.25, -0.2) is 0 Å². The molecular weight excluding hydrogens is 280 g/mol. The van der Waals surface area contributed by atoms with Gasteiger partial charge in [-0.05, 0) is 35.9 Å². The first-order valence-corrected chi connectivity index (χ1v) is 7.01. The van der Waals surface area contributed by atoms with Gasteiger partial charge in [-0.1, -0.05) is 31.2 Å². The van der Waals surface area contributed by atoms with Crippen LogP contribution in [0.3, 0.4) is 0 Å². The number of benzene rings is 2. The number of rotatable bonds is 3. The fourth-order valence-electron chi connectivity index (χ4n) is 2.12. The van der Waals surface area contributed by atoms with E-state index in [0.717, 1.165) is 5.56 Å². The molecule has 2 aromatic rings. The summed E-state index contributed by atoms with van der Waals surface area (Å²) in [5.41, 5.74) is 1.37. The number of esters is 1. The zero-order chi connectivity index (χ0) is 15.5. The fourth-order valence-corrected chi connectivity index (χ4v) is 2.12. The first-order valence-electron chi connectivity index (χ1n) is 7.01. The molecule has 22 heavy (non-hydrogen) atoms. The molecule has 0 unspecified atom stereocenters. The van der Waals surface area contributed by atoms with E-state index >= 15 is 0 Å². The molecule has 1 heterocycles. The molecule has 0 aromatic heterocycles. The third-order valence-electron chi connectivity index (χ3n) is 3.27. The van der Waals surface area contributed by atoms with E-state index in [-0.39, 0.29) is 11.8 Å². The largest absolute Gasteiger partial charge is 0.452 e. The normalized spacial score (nSPS) is 14.6. The number of para-hydroxylation sites is 1. The third-order valence-corrected chi connectivity index (χ3v) is 3.27. The molecule has 1 aliphatic heterocycles. The number of carbonyl (C=O) groups excluding carboxylic acids is 2. The Bertz CT molecular complexity index is 757. The summed E-state index contributed by atoms with van der Waals surface area (Å²) in [5, 5.41) is 0. The van der Waals surface area contributed by atoms with Crippen molar-refractivity contribution in [2.75, 3.05) is 0 Å². The van der Waals surface area contributed by atoms with Gasteiger partial charge < -0.3 is 9.47 Å². The van der Waals surface area contributed by atoms with Gasteiger partial charge >= 0.3 is 5.97 Å². The predicted octanol–water partition coefficient (Wildman–Crippen LogP) is 3.62. The van der Waals surface area contributed by atoms with Gasteiger partial charge in [0.15, 0.2) is 5.76 Å². The molecule has 0 atom stereocenters. The van der Waals surface area contributed by atoms with Gasteiger partial charge in [-0.3, -0.25) is 9.59 Å². The number of hydrogen-bond donors (Lipinski definition) is 0. The zero-order valence-corrected chi connectivity index (χ0v) is 12.0. The van der Waals surface area contributed by atoms with Gasteiger partial charge in [-0.2, -0.15) is 0 Å². The number of ketones is 1. The first-order chi connectivity index (χ1) is 10.7. The Hall–Kier alpha value is -2.88. The quantitative estimate of drug-likeness (QED) is 0.493. The molecule has 110 valence electrons. The van der Waals surface area contributed by atoms with E-state index in [4.69, 9.17) is 9.47 Å². The molecular formula is C18H14O4. The van der Waals surface area contributed by atoms with E-state index < -0.39 is 0 Å². The Morgan fingerprint density at radius 1 is 1.14 bits per heavy atom. The average Bonchev–Trinajstić information content (AvgIpc) is 2.86. The summed E-state index contributed by atoms with van der Waals surface area (Å²) in [4.78, 5) is 23.4. The second kappa shape index (κ2) is 5.85. The van der Waals surface area contributed by atoms with Gasteiger partial charge in [0.1, 0.15) is 11.5 Å². The highest BCUT2D eigenvalue weighted by molar-refractivity contribution is 6.14. The molecule has 0 radical (unpaired) electrons. The zero-order valence-electron chi connectivity index (χ0n) is 12.0. The van der Waals surface area contributed by atoms with Crippen LogP contribution >= 0.6 is 0 Å². The Morgan fingerprint density at radius 3 is 2.55 bits per heavy atom. The van der Waals surface area contributed by atoms with Gasteiger partial charge in [0, 0.05) is 6.42 Å². The Kier molecular flexibility index (Phi) is 3.74. The van der Waals surface area contributed by atoms with Crippen molar-refractivity contribution in [1.82, 2.24) is 0 Å². The van der Waals surface area contributed by atoms with E-state index in [1.54, 1.807) is 55.5 Å². The number of hydrogen-bond acceptors (Lipinski definition) is 4. The van der Waals surface area contributed by atoms with Crippen molar-refractivity contribution in [2.24, 2.45) is 0 Å². The topological polar surface area (TPSA) is 52.6 Å². The summed E-state index contributed by atoms with van der Waals surface area (Å²) in [6.45, 7) is 1.74. The van der Waals surface area contributed by atoms with Crippen molar-refractivity contribution in [3.05, 3.63) is 65.4 Å². The second-order valence-electron chi connectivity index (χ2n) is 4.83. The summed E-state index contributed by atoms with van der Waals surface area (Å²) >= 11 is 0. The SMILES string of the molecule is CCC(=O)Oc1ccc(/C=C2\Oc3ccccc3C2=O)cc1. The third kappa shape index (κ3) is 2.76. The molecule has 4 nitrogen and oxygen atoms in total. The molecule has 3 rings (SSSR count). The molecule has 1 aliphatic rings. The van der Waals surface area contributed by atoms with E-state index in [1.807, 2.05) is 6.07 Å². The number of carbonyl (C=O) groups is 2. The van der Waals surface area contributed by atoms with Crippen molar-refractivity contribution in [3.63, 3.8) is 0 Å². The van der Waals surface area contributed by atoms with Crippen LogP contribution < -0.4 is 9.47 Å². The molecule has 0 spiro atoms. The maximum absolute atomic E-state index is 12.2. The summed E-state index contributed by atoms with van der Waals surface area (Å²) in [7, 11) is 0. The lowest BCUT2D eigenvalue weighted by atomic mass is 10.1. The van der Waals surface area contributed by atoms with Gasteiger partial charge in [0.25, 0.3) is 0 Å². The molecule has 0 N–H and O–H groups in total. The standard InChI is InChI=1S/C18H14O4/c1-2-17(19)21-13-9-7-12(8-10-13)11-16-18(20)14-5-3-4-6-15(14)22-16/h3-11H,2H2,1H3/b16-11-. The molecule has 4 heteroatoms. The van der Waals surface area contributed by atoms with Crippen LogP contribution in [-0.4, -0.2) is 11.8 Å². The van der Waals surface area contributed by atoms with Crippen molar-refractivity contribution >= 4 is 17.8 Å². The maximum atomic E-state index is 12.2. The van der Waals surface area contributed by atoms with E-state index in [1.165, 1.54) is 0 Å². The van der Waals surface area contributed by atoms with Gasteiger partial charge in [-0.15, -0.1) is 0 Å². The molecule has 0 fully saturated rings. The summed E-state index contributed by atoms with van der Waals surface area (Å²) in [6, 6.07) is 14.0. The maximum Gasteiger partial charge on any atom is 0.310 e. The molecule has 0 amide bonds. The minimum atomic E-state index is -0.282. The Morgan fingerprint density at radius 2 is 1.86 bits per heavy atom. The molecule has 0 saturated carbocycles. The van der Waals surface area contributed by atoms with E-state index in [9.17, 15) is 9.59 Å². The monoisotopic (exact) mass is 294 g/mol. The minimum absolute atomic E-state index is 0.128. The number of Topliss-reactive ketones (excluding diaryl/α,β-unsaturated/α-hetero) is 1. The number of ether oxygens (including phenoxy) is 2. The van der Waals surface area contributed by atoms with Gasteiger partial charge in [0.2, 0.25) is 5.78 Å². The summed E-state index contributed by atoms with van der Waals surface area (Å²) in [5.74, 6) is 0.940. The number of allylic oxidation sites excluding steroid dienone is 1. The van der Waals surface area contributed by atoms with Crippen molar-refractivity contribution < 1.29 is 19.1 Å². The van der Waals surface area contributed by atoms with Crippen LogP contribution in [0.4, 0.5) is 0 Å². The molecule has 2 aromatic carbocycles.